The Labute approximate surface area is 114 Å². The Bertz CT molecular complexity index is 529. The monoisotopic (exact) mass is 307 g/mol. The fraction of sp³-hybridized carbons (Fsp3) is 0.500. The summed E-state index contributed by atoms with van der Waals surface area (Å²) < 4.78 is 26.2. The number of sulfonamides is 1. The van der Waals surface area contributed by atoms with Crippen LogP contribution < -0.4 is 0 Å². The van der Waals surface area contributed by atoms with Crippen molar-refractivity contribution in [3.63, 3.8) is 0 Å². The Morgan fingerprint density at radius 1 is 1.28 bits per heavy atom. The van der Waals surface area contributed by atoms with Crippen LogP contribution in [0.1, 0.15) is 16.1 Å². The summed E-state index contributed by atoms with van der Waals surface area (Å²) in [6.45, 7) is 1.00. The molecular formula is C10H13NO4S3. The number of hydrogen-bond acceptors (Lipinski definition) is 5. The van der Waals surface area contributed by atoms with Crippen LogP contribution in [-0.2, 0) is 10.0 Å². The van der Waals surface area contributed by atoms with Crippen LogP contribution in [0.4, 0.5) is 0 Å². The van der Waals surface area contributed by atoms with E-state index < -0.39 is 16.0 Å². The van der Waals surface area contributed by atoms with Gasteiger partial charge >= 0.3 is 5.97 Å². The zero-order chi connectivity index (χ0) is 13.2. The van der Waals surface area contributed by atoms with Gasteiger partial charge in [0, 0.05) is 18.8 Å². The Morgan fingerprint density at radius 3 is 2.72 bits per heavy atom. The Kier molecular flexibility index (Phi) is 4.31. The van der Waals surface area contributed by atoms with E-state index in [-0.39, 0.29) is 9.09 Å². The zero-order valence-corrected chi connectivity index (χ0v) is 12.0. The molecular weight excluding hydrogens is 294 g/mol. The van der Waals surface area contributed by atoms with Gasteiger partial charge in [-0.25, -0.2) is 13.2 Å². The van der Waals surface area contributed by atoms with Gasteiger partial charge in [0.1, 0.15) is 9.09 Å². The predicted molar refractivity (Wildman–Crippen MR) is 72.0 cm³/mol. The minimum absolute atomic E-state index is 0.0535. The van der Waals surface area contributed by atoms with Gasteiger partial charge in [0.25, 0.3) is 10.0 Å². The molecule has 1 aliphatic heterocycles. The third-order valence-electron chi connectivity index (χ3n) is 2.57. The molecule has 8 heteroatoms. The Hall–Kier alpha value is -0.570. The zero-order valence-electron chi connectivity index (χ0n) is 9.53. The first-order valence-electron chi connectivity index (χ1n) is 5.43. The molecule has 0 bridgehead atoms. The molecule has 1 N–H and O–H groups in total. The van der Waals surface area contributed by atoms with Gasteiger partial charge in [0.05, 0.1) is 0 Å². The number of thiophene rings is 1. The van der Waals surface area contributed by atoms with Gasteiger partial charge < -0.3 is 5.11 Å². The molecule has 1 saturated heterocycles. The van der Waals surface area contributed by atoms with E-state index in [2.05, 4.69) is 0 Å². The summed E-state index contributed by atoms with van der Waals surface area (Å²) in [7, 11) is -3.52. The van der Waals surface area contributed by atoms with Crippen LogP contribution in [0.2, 0.25) is 0 Å². The summed E-state index contributed by atoms with van der Waals surface area (Å²) in [5.41, 5.74) is 0. The minimum atomic E-state index is -3.52. The first-order chi connectivity index (χ1) is 8.51. The van der Waals surface area contributed by atoms with Crippen LogP contribution in [-0.4, -0.2) is 48.4 Å². The van der Waals surface area contributed by atoms with Crippen molar-refractivity contribution in [2.75, 3.05) is 24.6 Å². The molecule has 0 aliphatic carbocycles. The lowest BCUT2D eigenvalue weighted by Gasteiger charge is -2.18. The number of aromatic carboxylic acids is 1. The molecule has 1 aromatic rings. The van der Waals surface area contributed by atoms with Crippen LogP contribution in [0, 0.1) is 0 Å². The van der Waals surface area contributed by atoms with Gasteiger partial charge in [-0.15, -0.1) is 11.3 Å². The maximum atomic E-state index is 12.3. The molecule has 0 saturated carbocycles. The second-order valence-electron chi connectivity index (χ2n) is 3.79. The van der Waals surface area contributed by atoms with Crippen molar-refractivity contribution in [1.82, 2.24) is 4.31 Å². The third-order valence-corrected chi connectivity index (χ3v) is 7.06. The van der Waals surface area contributed by atoms with Crippen molar-refractivity contribution in [1.29, 1.82) is 0 Å². The standard InChI is InChI=1S/C10H13NO4S3/c12-10(13)8-2-3-9(17-8)18(14,15)11-4-1-6-16-7-5-11/h2-3H,1,4-7H2,(H,12,13). The Morgan fingerprint density at radius 2 is 2.06 bits per heavy atom. The molecule has 2 rings (SSSR count). The van der Waals surface area contributed by atoms with Crippen molar-refractivity contribution in [3.8, 4) is 0 Å². The summed E-state index contributed by atoms with van der Waals surface area (Å²) in [4.78, 5) is 10.8. The van der Waals surface area contributed by atoms with Crippen LogP contribution >= 0.6 is 23.1 Å². The fourth-order valence-electron chi connectivity index (χ4n) is 1.66. The second-order valence-corrected chi connectivity index (χ2v) is 8.27. The van der Waals surface area contributed by atoms with Gasteiger partial charge in [-0.05, 0) is 24.3 Å². The van der Waals surface area contributed by atoms with Crippen LogP contribution in [0.3, 0.4) is 0 Å². The van der Waals surface area contributed by atoms with Gasteiger partial charge in [0.15, 0.2) is 0 Å². The van der Waals surface area contributed by atoms with Crippen molar-refractivity contribution < 1.29 is 18.3 Å². The number of hydrogen-bond donors (Lipinski definition) is 1. The van der Waals surface area contributed by atoms with Gasteiger partial charge in [-0.3, -0.25) is 0 Å². The number of carboxylic acid groups (broad SMARTS) is 1. The molecule has 0 spiro atoms. The molecule has 1 aromatic heterocycles. The number of thioether (sulfide) groups is 1. The summed E-state index contributed by atoms with van der Waals surface area (Å²) in [5.74, 6) is 0.667. The number of rotatable bonds is 3. The number of carbonyl (C=O) groups is 1. The SMILES string of the molecule is O=C(O)c1ccc(S(=O)(=O)N2CCCSCC2)s1. The van der Waals surface area contributed by atoms with E-state index in [1.165, 1.54) is 16.4 Å². The van der Waals surface area contributed by atoms with Crippen LogP contribution in [0.25, 0.3) is 0 Å². The van der Waals surface area contributed by atoms with E-state index in [0.29, 0.717) is 13.1 Å². The van der Waals surface area contributed by atoms with E-state index in [1.807, 2.05) is 0 Å². The van der Waals surface area contributed by atoms with E-state index in [0.717, 1.165) is 29.3 Å². The predicted octanol–water partition coefficient (Wildman–Crippen LogP) is 1.57. The average Bonchev–Trinajstić information content (AvgIpc) is 2.66. The first-order valence-corrected chi connectivity index (χ1v) is 8.84. The van der Waals surface area contributed by atoms with Crippen molar-refractivity contribution in [3.05, 3.63) is 17.0 Å². The quantitative estimate of drug-likeness (QED) is 0.917. The normalized spacial score (nSPS) is 18.4. The first kappa shape index (κ1) is 13.9. The molecule has 5 nitrogen and oxygen atoms in total. The maximum Gasteiger partial charge on any atom is 0.345 e. The Balaban J connectivity index is 2.25. The van der Waals surface area contributed by atoms with Crippen molar-refractivity contribution in [2.45, 2.75) is 10.6 Å². The van der Waals surface area contributed by atoms with E-state index in [1.54, 1.807) is 11.8 Å². The highest BCUT2D eigenvalue weighted by Gasteiger charge is 2.27. The molecule has 0 radical (unpaired) electrons. The number of nitrogens with zero attached hydrogens (tertiary/aromatic N) is 1. The molecule has 1 aliphatic rings. The van der Waals surface area contributed by atoms with Crippen molar-refractivity contribution in [2.24, 2.45) is 0 Å². The topological polar surface area (TPSA) is 74.7 Å². The molecule has 100 valence electrons. The van der Waals surface area contributed by atoms with Crippen LogP contribution in [0.15, 0.2) is 16.3 Å². The van der Waals surface area contributed by atoms with E-state index in [4.69, 9.17) is 5.11 Å². The second kappa shape index (κ2) is 5.60. The highest BCUT2D eigenvalue weighted by Crippen LogP contribution is 2.26. The summed E-state index contributed by atoms with van der Waals surface area (Å²) >= 11 is 2.56. The van der Waals surface area contributed by atoms with Gasteiger partial charge in [-0.2, -0.15) is 16.1 Å². The summed E-state index contributed by atoms with van der Waals surface area (Å²) in [6, 6.07) is 2.72. The van der Waals surface area contributed by atoms with Gasteiger partial charge in [0.2, 0.25) is 0 Å². The molecule has 2 heterocycles. The smallest absolute Gasteiger partial charge is 0.345 e. The molecule has 18 heavy (non-hydrogen) atoms. The molecule has 1 fully saturated rings. The minimum Gasteiger partial charge on any atom is -0.477 e. The maximum absolute atomic E-state index is 12.3. The van der Waals surface area contributed by atoms with E-state index >= 15 is 0 Å². The molecule has 0 aromatic carbocycles. The lowest BCUT2D eigenvalue weighted by molar-refractivity contribution is 0.0702. The van der Waals surface area contributed by atoms with Crippen LogP contribution in [0.5, 0.6) is 0 Å². The fourth-order valence-corrected chi connectivity index (χ4v) is 5.45. The highest BCUT2D eigenvalue weighted by atomic mass is 32.2. The lowest BCUT2D eigenvalue weighted by Crippen LogP contribution is -2.32. The molecule has 0 unspecified atom stereocenters. The average molecular weight is 307 g/mol. The lowest BCUT2D eigenvalue weighted by atomic mass is 10.5. The van der Waals surface area contributed by atoms with Crippen molar-refractivity contribution >= 4 is 39.1 Å². The summed E-state index contributed by atoms with van der Waals surface area (Å²) in [6.07, 6.45) is 0.834. The largest absolute Gasteiger partial charge is 0.477 e. The molecule has 0 atom stereocenters. The number of carboxylic acids is 1. The highest BCUT2D eigenvalue weighted by molar-refractivity contribution is 7.99. The van der Waals surface area contributed by atoms with Gasteiger partial charge in [-0.1, -0.05) is 0 Å². The van der Waals surface area contributed by atoms with E-state index in [9.17, 15) is 13.2 Å². The third kappa shape index (κ3) is 2.87. The molecule has 0 amide bonds. The summed E-state index contributed by atoms with van der Waals surface area (Å²) in [5, 5.41) is 8.82.